The fourth-order valence-corrected chi connectivity index (χ4v) is 5.85. The van der Waals surface area contributed by atoms with E-state index in [2.05, 4.69) is 10.2 Å². The van der Waals surface area contributed by atoms with Gasteiger partial charge in [0.25, 0.3) is 0 Å². The highest BCUT2D eigenvalue weighted by atomic mass is 35.5. The molecule has 2 aliphatic rings. The zero-order chi connectivity index (χ0) is 25.0. The number of benzene rings is 2. The average molecular weight is 519 g/mol. The number of hydrogen-bond acceptors (Lipinski definition) is 4. The van der Waals surface area contributed by atoms with Gasteiger partial charge in [0.15, 0.2) is 0 Å². The maximum Gasteiger partial charge on any atom is 0.304 e. The molecule has 188 valence electrons. The number of carbonyl (C=O) groups excluding carboxylic acids is 1. The van der Waals surface area contributed by atoms with Crippen LogP contribution in [-0.4, -0.2) is 54.7 Å². The highest BCUT2D eigenvalue weighted by Gasteiger charge is 2.52. The molecule has 0 radical (unpaired) electrons. The van der Waals surface area contributed by atoms with Gasteiger partial charge in [-0.1, -0.05) is 54.4 Å². The maximum absolute atomic E-state index is 13.8. The van der Waals surface area contributed by atoms with Crippen molar-refractivity contribution in [2.24, 2.45) is 11.3 Å². The Morgan fingerprint density at radius 3 is 2.51 bits per heavy atom. The molecule has 0 bridgehead atoms. The summed E-state index contributed by atoms with van der Waals surface area (Å²) in [6, 6.07) is 14.8. The van der Waals surface area contributed by atoms with Crippen LogP contribution in [0.3, 0.4) is 0 Å². The number of hydrogen-bond donors (Lipinski definition) is 2. The largest absolute Gasteiger partial charge is 0.481 e. The van der Waals surface area contributed by atoms with E-state index in [4.69, 9.17) is 27.9 Å². The maximum atomic E-state index is 13.8. The second-order valence-corrected chi connectivity index (χ2v) is 10.6. The van der Waals surface area contributed by atoms with Crippen molar-refractivity contribution in [2.45, 2.75) is 38.1 Å². The molecular formula is C27H32Cl2N2O4. The van der Waals surface area contributed by atoms with E-state index in [1.165, 1.54) is 0 Å². The van der Waals surface area contributed by atoms with Gasteiger partial charge in [0.05, 0.1) is 31.1 Å². The van der Waals surface area contributed by atoms with Gasteiger partial charge < -0.3 is 15.2 Å². The Labute approximate surface area is 216 Å². The summed E-state index contributed by atoms with van der Waals surface area (Å²) in [6.07, 6.45) is 0.936. The first-order valence-electron chi connectivity index (χ1n) is 12.1. The van der Waals surface area contributed by atoms with E-state index in [9.17, 15) is 14.7 Å². The number of piperidine rings is 1. The molecule has 2 saturated heterocycles. The SMILES string of the molecule is C[C@@H](CCN1CCOCC1)[C@]1(CC(=O)O)C[C@H](c2cccc(Cl)c2)[C@@H](c2ccc(Cl)cc2)NC1=O. The molecule has 4 rings (SSSR count). The lowest BCUT2D eigenvalue weighted by molar-refractivity contribution is -0.152. The van der Waals surface area contributed by atoms with Crippen molar-refractivity contribution < 1.29 is 19.4 Å². The number of carboxylic acids is 1. The van der Waals surface area contributed by atoms with Gasteiger partial charge in [0.1, 0.15) is 0 Å². The summed E-state index contributed by atoms with van der Waals surface area (Å²) in [5.41, 5.74) is 0.874. The molecule has 0 saturated carbocycles. The van der Waals surface area contributed by atoms with Crippen molar-refractivity contribution in [1.82, 2.24) is 10.2 Å². The lowest BCUT2D eigenvalue weighted by Gasteiger charge is -2.47. The Kier molecular flexibility index (Phi) is 8.38. The number of nitrogens with one attached hydrogen (secondary N) is 1. The van der Waals surface area contributed by atoms with Crippen LogP contribution in [0.15, 0.2) is 48.5 Å². The van der Waals surface area contributed by atoms with Crippen molar-refractivity contribution in [1.29, 1.82) is 0 Å². The molecule has 0 spiro atoms. The van der Waals surface area contributed by atoms with Crippen LogP contribution in [0, 0.1) is 11.3 Å². The Balaban J connectivity index is 1.68. The number of rotatable bonds is 8. The van der Waals surface area contributed by atoms with E-state index in [1.54, 1.807) is 0 Å². The summed E-state index contributed by atoms with van der Waals surface area (Å²) in [4.78, 5) is 28.2. The molecule has 35 heavy (non-hydrogen) atoms. The average Bonchev–Trinajstić information content (AvgIpc) is 2.84. The summed E-state index contributed by atoms with van der Waals surface area (Å²) in [5.74, 6) is -1.44. The number of carbonyl (C=O) groups is 2. The van der Waals surface area contributed by atoms with Crippen molar-refractivity contribution >= 4 is 35.1 Å². The second-order valence-electron chi connectivity index (χ2n) is 9.74. The first-order chi connectivity index (χ1) is 16.8. The van der Waals surface area contributed by atoms with E-state index in [0.717, 1.165) is 37.2 Å². The van der Waals surface area contributed by atoms with Crippen LogP contribution in [0.4, 0.5) is 0 Å². The molecule has 1 amide bonds. The molecule has 6 nitrogen and oxygen atoms in total. The third kappa shape index (κ3) is 6.00. The predicted octanol–water partition coefficient (Wildman–Crippen LogP) is 5.16. The Bertz CT molecular complexity index is 1040. The number of morpholine rings is 1. The third-order valence-corrected chi connectivity index (χ3v) is 8.11. The van der Waals surface area contributed by atoms with Crippen molar-refractivity contribution in [2.75, 3.05) is 32.8 Å². The Hall–Kier alpha value is -2.12. The van der Waals surface area contributed by atoms with Crippen molar-refractivity contribution in [3.05, 3.63) is 69.7 Å². The molecule has 2 aromatic carbocycles. The molecule has 4 atom stereocenters. The minimum Gasteiger partial charge on any atom is -0.481 e. The second kappa shape index (κ2) is 11.3. The van der Waals surface area contributed by atoms with Crippen LogP contribution >= 0.6 is 23.2 Å². The zero-order valence-electron chi connectivity index (χ0n) is 19.9. The van der Waals surface area contributed by atoms with E-state index >= 15 is 0 Å². The van der Waals surface area contributed by atoms with Gasteiger partial charge in [-0.15, -0.1) is 0 Å². The molecular weight excluding hydrogens is 487 g/mol. The number of halogens is 2. The van der Waals surface area contributed by atoms with Gasteiger partial charge in [-0.3, -0.25) is 14.5 Å². The minimum atomic E-state index is -1.03. The molecule has 2 aliphatic heterocycles. The molecule has 2 aromatic rings. The van der Waals surface area contributed by atoms with Crippen LogP contribution < -0.4 is 5.32 Å². The van der Waals surface area contributed by atoms with Crippen molar-refractivity contribution in [3.8, 4) is 0 Å². The lowest BCUT2D eigenvalue weighted by atomic mass is 9.61. The summed E-state index contributed by atoms with van der Waals surface area (Å²) < 4.78 is 5.44. The van der Waals surface area contributed by atoms with Crippen LogP contribution in [0.2, 0.25) is 10.0 Å². The zero-order valence-corrected chi connectivity index (χ0v) is 21.4. The van der Waals surface area contributed by atoms with Gasteiger partial charge >= 0.3 is 5.97 Å². The summed E-state index contributed by atoms with van der Waals surface area (Å²) in [7, 11) is 0. The van der Waals surface area contributed by atoms with Crippen LogP contribution in [0.5, 0.6) is 0 Å². The summed E-state index contributed by atoms with van der Waals surface area (Å²) >= 11 is 12.5. The first kappa shape index (κ1) is 26.0. The molecule has 2 heterocycles. The Morgan fingerprint density at radius 1 is 1.14 bits per heavy atom. The molecule has 0 aliphatic carbocycles. The van der Waals surface area contributed by atoms with Crippen molar-refractivity contribution in [3.63, 3.8) is 0 Å². The fourth-order valence-electron chi connectivity index (χ4n) is 5.52. The standard InChI is InChI=1S/C27H32Cl2N2O4/c1-18(9-10-31-11-13-35-14-12-31)27(17-24(32)33)16-23(20-3-2-4-22(29)15-20)25(30-26(27)34)19-5-7-21(28)8-6-19/h2-8,15,18,23,25H,9-14,16-17H2,1H3,(H,30,34)(H,32,33)/t18-,23+,25+,27+/m0/s1. The predicted molar refractivity (Wildman–Crippen MR) is 137 cm³/mol. The van der Waals surface area contributed by atoms with E-state index < -0.39 is 11.4 Å². The summed E-state index contributed by atoms with van der Waals surface area (Å²) in [6.45, 7) is 5.94. The normalized spacial score (nSPS) is 26.2. The van der Waals surface area contributed by atoms with Crippen LogP contribution in [0.1, 0.15) is 49.3 Å². The van der Waals surface area contributed by atoms with Gasteiger partial charge in [-0.2, -0.15) is 0 Å². The molecule has 8 heteroatoms. The Morgan fingerprint density at radius 2 is 1.86 bits per heavy atom. The van der Waals surface area contributed by atoms with Gasteiger partial charge in [0, 0.05) is 29.1 Å². The summed E-state index contributed by atoms with van der Waals surface area (Å²) in [5, 5.41) is 14.3. The molecule has 2 fully saturated rings. The minimum absolute atomic E-state index is 0.130. The fraction of sp³-hybridized carbons (Fsp3) is 0.481. The topological polar surface area (TPSA) is 78.9 Å². The highest BCUT2D eigenvalue weighted by molar-refractivity contribution is 6.30. The van der Waals surface area contributed by atoms with Crippen LogP contribution in [-0.2, 0) is 14.3 Å². The third-order valence-electron chi connectivity index (χ3n) is 7.62. The molecule has 0 unspecified atom stereocenters. The van der Waals surface area contributed by atoms with Gasteiger partial charge in [-0.25, -0.2) is 0 Å². The monoisotopic (exact) mass is 518 g/mol. The quantitative estimate of drug-likeness (QED) is 0.504. The lowest BCUT2D eigenvalue weighted by Crippen LogP contribution is -2.54. The number of nitrogens with zero attached hydrogens (tertiary/aromatic N) is 1. The van der Waals surface area contributed by atoms with E-state index in [1.807, 2.05) is 55.5 Å². The highest BCUT2D eigenvalue weighted by Crippen LogP contribution is 2.51. The van der Waals surface area contributed by atoms with E-state index in [0.29, 0.717) is 29.7 Å². The van der Waals surface area contributed by atoms with E-state index in [-0.39, 0.29) is 30.2 Å². The molecule has 0 aromatic heterocycles. The number of ether oxygens (including phenoxy) is 1. The number of carboxylic acid groups (broad SMARTS) is 1. The number of aliphatic carboxylic acids is 1. The van der Waals surface area contributed by atoms with Gasteiger partial charge in [-0.05, 0) is 60.7 Å². The smallest absolute Gasteiger partial charge is 0.304 e. The van der Waals surface area contributed by atoms with Crippen LogP contribution in [0.25, 0.3) is 0 Å². The molecule has 2 N–H and O–H groups in total. The first-order valence-corrected chi connectivity index (χ1v) is 12.9. The number of amides is 1. The van der Waals surface area contributed by atoms with Gasteiger partial charge in [0.2, 0.25) is 5.91 Å².